The Kier molecular flexibility index (Phi) is 5.57. The molecule has 0 saturated heterocycles. The molecule has 1 heterocycles. The Balaban J connectivity index is 2.07. The molecule has 0 fully saturated rings. The number of carboxylic acids is 1. The fourth-order valence-corrected chi connectivity index (χ4v) is 2.13. The van der Waals surface area contributed by atoms with E-state index in [9.17, 15) is 14.0 Å². The van der Waals surface area contributed by atoms with Crippen molar-refractivity contribution in [3.8, 4) is 0 Å². The van der Waals surface area contributed by atoms with E-state index >= 15 is 0 Å². The molecule has 0 aliphatic carbocycles. The highest BCUT2D eigenvalue weighted by Gasteiger charge is 2.19. The number of amides is 1. The van der Waals surface area contributed by atoms with Crippen LogP contribution in [0.25, 0.3) is 0 Å². The van der Waals surface area contributed by atoms with E-state index in [1.54, 1.807) is 12.1 Å². The number of benzene rings is 1. The first-order valence-corrected chi connectivity index (χ1v) is 7.47. The predicted octanol–water partition coefficient (Wildman–Crippen LogP) is 2.31. The van der Waals surface area contributed by atoms with Gasteiger partial charge in [-0.1, -0.05) is 26.0 Å². The number of carbonyl (C=O) groups is 2. The summed E-state index contributed by atoms with van der Waals surface area (Å²) in [5, 5.41) is 11.6. The quantitative estimate of drug-likeness (QED) is 0.847. The highest BCUT2D eigenvalue weighted by molar-refractivity contribution is 5.92. The molecule has 0 aliphatic heterocycles. The first-order chi connectivity index (χ1) is 11.4. The molecular formula is C17H18FN3O3. The molecule has 126 valence electrons. The van der Waals surface area contributed by atoms with Crippen molar-refractivity contribution < 1.29 is 19.1 Å². The Morgan fingerprint density at radius 3 is 2.21 bits per heavy atom. The summed E-state index contributed by atoms with van der Waals surface area (Å²) in [6, 6.07) is 5.94. The van der Waals surface area contributed by atoms with Gasteiger partial charge in [-0.2, -0.15) is 0 Å². The summed E-state index contributed by atoms with van der Waals surface area (Å²) in [5.74, 6) is -1.80. The first kappa shape index (κ1) is 17.5. The normalized spacial score (nSPS) is 12.0. The van der Waals surface area contributed by atoms with Crippen molar-refractivity contribution in [2.45, 2.75) is 26.3 Å². The molecule has 0 radical (unpaired) electrons. The molecule has 0 aliphatic rings. The molecule has 1 atom stereocenters. The number of aromatic nitrogens is 2. The fraction of sp³-hybridized carbons (Fsp3) is 0.294. The summed E-state index contributed by atoms with van der Waals surface area (Å²) >= 11 is 0. The number of halogens is 1. The molecule has 0 bridgehead atoms. The van der Waals surface area contributed by atoms with Gasteiger partial charge in [0.15, 0.2) is 5.69 Å². The van der Waals surface area contributed by atoms with Gasteiger partial charge in [-0.3, -0.25) is 4.79 Å². The molecule has 1 amide bonds. The van der Waals surface area contributed by atoms with Crippen LogP contribution in [0.4, 0.5) is 4.39 Å². The Morgan fingerprint density at radius 1 is 1.12 bits per heavy atom. The number of hydrogen-bond acceptors (Lipinski definition) is 4. The molecule has 1 aromatic heterocycles. The van der Waals surface area contributed by atoms with E-state index in [1.165, 1.54) is 12.1 Å². The van der Waals surface area contributed by atoms with E-state index in [2.05, 4.69) is 15.3 Å². The zero-order valence-corrected chi connectivity index (χ0v) is 13.4. The third kappa shape index (κ3) is 4.58. The lowest BCUT2D eigenvalue weighted by atomic mass is 9.96. The van der Waals surface area contributed by atoms with Crippen molar-refractivity contribution in [1.82, 2.24) is 15.3 Å². The van der Waals surface area contributed by atoms with Crippen LogP contribution in [0.15, 0.2) is 36.7 Å². The van der Waals surface area contributed by atoms with Crippen LogP contribution in [0.2, 0.25) is 0 Å². The molecule has 0 saturated carbocycles. The summed E-state index contributed by atoms with van der Waals surface area (Å²) < 4.78 is 13.0. The van der Waals surface area contributed by atoms with Crippen LogP contribution in [0.3, 0.4) is 0 Å². The third-order valence-corrected chi connectivity index (χ3v) is 3.59. The molecule has 24 heavy (non-hydrogen) atoms. The zero-order chi connectivity index (χ0) is 17.7. The molecule has 2 rings (SSSR count). The van der Waals surface area contributed by atoms with Gasteiger partial charge in [-0.15, -0.1) is 0 Å². The van der Waals surface area contributed by atoms with Crippen LogP contribution >= 0.6 is 0 Å². The summed E-state index contributed by atoms with van der Waals surface area (Å²) in [4.78, 5) is 30.5. The van der Waals surface area contributed by atoms with Gasteiger partial charge in [0.05, 0.1) is 12.4 Å². The van der Waals surface area contributed by atoms with Gasteiger partial charge >= 0.3 is 5.97 Å². The Bertz CT molecular complexity index is 715. The number of hydrogen-bond donors (Lipinski definition) is 2. The SMILES string of the molecule is CC(C)C(Cc1ccc(F)cc1)NC(=O)c1cnc(C(=O)O)cn1. The van der Waals surface area contributed by atoms with E-state index in [4.69, 9.17) is 5.11 Å². The second kappa shape index (κ2) is 7.63. The minimum Gasteiger partial charge on any atom is -0.476 e. The molecular weight excluding hydrogens is 313 g/mol. The number of rotatable bonds is 6. The Morgan fingerprint density at radius 2 is 1.71 bits per heavy atom. The number of nitrogens with zero attached hydrogens (tertiary/aromatic N) is 2. The van der Waals surface area contributed by atoms with E-state index < -0.39 is 11.9 Å². The van der Waals surface area contributed by atoms with Crippen molar-refractivity contribution in [2.75, 3.05) is 0 Å². The van der Waals surface area contributed by atoms with E-state index in [1.807, 2.05) is 13.8 Å². The molecule has 2 aromatic rings. The average Bonchev–Trinajstić information content (AvgIpc) is 2.56. The summed E-state index contributed by atoms with van der Waals surface area (Å²) in [7, 11) is 0. The second-order valence-corrected chi connectivity index (χ2v) is 5.75. The highest BCUT2D eigenvalue weighted by Crippen LogP contribution is 2.12. The van der Waals surface area contributed by atoms with Crippen LogP contribution < -0.4 is 5.32 Å². The van der Waals surface area contributed by atoms with Crippen molar-refractivity contribution in [2.24, 2.45) is 5.92 Å². The molecule has 1 unspecified atom stereocenters. The van der Waals surface area contributed by atoms with Crippen LogP contribution in [0.5, 0.6) is 0 Å². The van der Waals surface area contributed by atoms with Gasteiger partial charge in [0.25, 0.3) is 5.91 Å². The molecule has 7 heteroatoms. The highest BCUT2D eigenvalue weighted by atomic mass is 19.1. The molecule has 1 aromatic carbocycles. The predicted molar refractivity (Wildman–Crippen MR) is 85.2 cm³/mol. The fourth-order valence-electron chi connectivity index (χ4n) is 2.13. The Labute approximate surface area is 138 Å². The number of nitrogens with one attached hydrogen (secondary N) is 1. The van der Waals surface area contributed by atoms with Gasteiger partial charge in [-0.05, 0) is 30.0 Å². The standard InChI is InChI=1S/C17H18FN3O3/c1-10(2)13(7-11-3-5-12(18)6-4-11)21-16(22)14-8-20-15(9-19-14)17(23)24/h3-6,8-10,13H,7H2,1-2H3,(H,21,22)(H,23,24). The smallest absolute Gasteiger partial charge is 0.356 e. The van der Waals surface area contributed by atoms with E-state index in [0.29, 0.717) is 6.42 Å². The topological polar surface area (TPSA) is 92.2 Å². The maximum absolute atomic E-state index is 13.0. The minimum absolute atomic E-state index is 0.0461. The lowest BCUT2D eigenvalue weighted by molar-refractivity contribution is 0.0688. The van der Waals surface area contributed by atoms with Crippen molar-refractivity contribution in [1.29, 1.82) is 0 Å². The van der Waals surface area contributed by atoms with Gasteiger partial charge in [0, 0.05) is 6.04 Å². The van der Waals surface area contributed by atoms with Gasteiger partial charge in [0.2, 0.25) is 0 Å². The second-order valence-electron chi connectivity index (χ2n) is 5.75. The summed E-state index contributed by atoms with van der Waals surface area (Å²) in [6.07, 6.45) is 2.72. The monoisotopic (exact) mass is 331 g/mol. The lowest BCUT2D eigenvalue weighted by Crippen LogP contribution is -2.40. The molecule has 2 N–H and O–H groups in total. The van der Waals surface area contributed by atoms with Gasteiger partial charge in [0.1, 0.15) is 11.5 Å². The zero-order valence-electron chi connectivity index (χ0n) is 13.4. The van der Waals surface area contributed by atoms with Gasteiger partial charge in [-0.25, -0.2) is 19.2 Å². The largest absolute Gasteiger partial charge is 0.476 e. The lowest BCUT2D eigenvalue weighted by Gasteiger charge is -2.22. The van der Waals surface area contributed by atoms with Crippen molar-refractivity contribution in [3.05, 3.63) is 59.4 Å². The number of carboxylic acid groups (broad SMARTS) is 1. The first-order valence-electron chi connectivity index (χ1n) is 7.47. The van der Waals surface area contributed by atoms with Crippen LogP contribution in [-0.2, 0) is 6.42 Å². The van der Waals surface area contributed by atoms with E-state index in [-0.39, 0.29) is 29.2 Å². The number of aromatic carboxylic acids is 1. The van der Waals surface area contributed by atoms with E-state index in [0.717, 1.165) is 18.0 Å². The maximum atomic E-state index is 13.0. The van der Waals surface area contributed by atoms with Crippen molar-refractivity contribution >= 4 is 11.9 Å². The van der Waals surface area contributed by atoms with Gasteiger partial charge < -0.3 is 10.4 Å². The average molecular weight is 331 g/mol. The molecule has 0 spiro atoms. The number of carbonyl (C=O) groups excluding carboxylic acids is 1. The third-order valence-electron chi connectivity index (χ3n) is 3.59. The summed E-state index contributed by atoms with van der Waals surface area (Å²) in [5.41, 5.74) is 0.728. The van der Waals surface area contributed by atoms with Crippen molar-refractivity contribution in [3.63, 3.8) is 0 Å². The van der Waals surface area contributed by atoms with Crippen LogP contribution in [0.1, 0.15) is 40.4 Å². The Hall–Kier alpha value is -2.83. The van der Waals surface area contributed by atoms with Crippen LogP contribution in [0, 0.1) is 11.7 Å². The minimum atomic E-state index is -1.20. The van der Waals surface area contributed by atoms with Crippen LogP contribution in [-0.4, -0.2) is 33.0 Å². The summed E-state index contributed by atoms with van der Waals surface area (Å²) in [6.45, 7) is 3.93. The maximum Gasteiger partial charge on any atom is 0.356 e. The molecule has 6 nitrogen and oxygen atoms in total.